The van der Waals surface area contributed by atoms with Crippen molar-refractivity contribution in [1.29, 1.82) is 5.41 Å². The molecule has 4 rings (SSSR count). The van der Waals surface area contributed by atoms with Crippen LogP contribution in [0, 0.1) is 25.2 Å². The summed E-state index contributed by atoms with van der Waals surface area (Å²) in [7, 11) is 0. The van der Waals surface area contributed by atoms with Gasteiger partial charge in [0, 0.05) is 30.6 Å². The van der Waals surface area contributed by atoms with Gasteiger partial charge in [0.2, 0.25) is 5.91 Å². The van der Waals surface area contributed by atoms with Crippen LogP contribution in [0.2, 0.25) is 0 Å². The van der Waals surface area contributed by atoms with Crippen LogP contribution < -0.4 is 10.2 Å². The number of rotatable bonds is 7. The van der Waals surface area contributed by atoms with Crippen LogP contribution in [0.25, 0.3) is 11.3 Å². The van der Waals surface area contributed by atoms with Crippen LogP contribution in [0.1, 0.15) is 42.9 Å². The van der Waals surface area contributed by atoms with E-state index >= 15 is 0 Å². The summed E-state index contributed by atoms with van der Waals surface area (Å²) >= 11 is 0. The van der Waals surface area contributed by atoms with Gasteiger partial charge in [-0.25, -0.2) is 15.0 Å². The molecule has 7 heteroatoms. The van der Waals surface area contributed by atoms with Crippen LogP contribution in [0.4, 0.5) is 11.5 Å². The van der Waals surface area contributed by atoms with Crippen molar-refractivity contribution in [2.45, 2.75) is 46.5 Å². The van der Waals surface area contributed by atoms with Gasteiger partial charge in [-0.2, -0.15) is 0 Å². The van der Waals surface area contributed by atoms with Gasteiger partial charge in [-0.1, -0.05) is 18.2 Å². The van der Waals surface area contributed by atoms with Crippen LogP contribution in [0.15, 0.2) is 49.1 Å². The van der Waals surface area contributed by atoms with Gasteiger partial charge in [0.1, 0.15) is 12.1 Å². The Kier molecular flexibility index (Phi) is 7.30. The first-order chi connectivity index (χ1) is 16.4. The zero-order chi connectivity index (χ0) is 24.1. The molecule has 0 atom stereocenters. The summed E-state index contributed by atoms with van der Waals surface area (Å²) < 4.78 is 0. The molecule has 1 fully saturated rings. The van der Waals surface area contributed by atoms with E-state index in [2.05, 4.69) is 25.2 Å². The number of carbonyl (C=O) groups is 1. The number of amides is 1. The number of hydrogen-bond donors (Lipinski definition) is 2. The van der Waals surface area contributed by atoms with Crippen molar-refractivity contribution in [3.05, 3.63) is 65.7 Å². The van der Waals surface area contributed by atoms with E-state index in [-0.39, 0.29) is 12.3 Å². The first-order valence-electron chi connectivity index (χ1n) is 11.8. The maximum absolute atomic E-state index is 12.6. The molecule has 176 valence electrons. The lowest BCUT2D eigenvalue weighted by molar-refractivity contribution is -0.115. The molecule has 1 amide bonds. The molecule has 0 saturated carbocycles. The highest BCUT2D eigenvalue weighted by atomic mass is 16.1. The molecular formula is C27H32N6O. The molecule has 2 aromatic heterocycles. The number of benzene rings is 1. The molecule has 7 nitrogen and oxygen atoms in total. The van der Waals surface area contributed by atoms with Gasteiger partial charge in [0.25, 0.3) is 0 Å². The minimum absolute atomic E-state index is 0.0894. The van der Waals surface area contributed by atoms with Crippen LogP contribution >= 0.6 is 0 Å². The Hall–Kier alpha value is -3.61. The summed E-state index contributed by atoms with van der Waals surface area (Å²) in [6.45, 7) is 7.88. The van der Waals surface area contributed by atoms with Gasteiger partial charge in [-0.3, -0.25) is 4.79 Å². The number of nitrogens with one attached hydrogen (secondary N) is 2. The Morgan fingerprint density at radius 3 is 2.53 bits per heavy atom. The second-order valence-corrected chi connectivity index (χ2v) is 9.25. The number of nitrogens with zero attached hydrogens (tertiary/aromatic N) is 4. The highest BCUT2D eigenvalue weighted by molar-refractivity contribution is 5.91. The fraction of sp³-hybridized carbons (Fsp3) is 0.370. The summed E-state index contributed by atoms with van der Waals surface area (Å²) in [5, 5.41) is 10.6. The van der Waals surface area contributed by atoms with E-state index in [4.69, 9.17) is 5.41 Å². The number of aromatic nitrogens is 3. The molecule has 1 aromatic carbocycles. The average Bonchev–Trinajstić information content (AvgIpc) is 2.80. The highest BCUT2D eigenvalue weighted by Gasteiger charge is 2.20. The Labute approximate surface area is 201 Å². The van der Waals surface area contributed by atoms with E-state index in [1.165, 1.54) is 0 Å². The van der Waals surface area contributed by atoms with Gasteiger partial charge in [-0.05, 0) is 74.8 Å². The van der Waals surface area contributed by atoms with Crippen LogP contribution in [0.5, 0.6) is 0 Å². The third-order valence-corrected chi connectivity index (χ3v) is 6.40. The van der Waals surface area contributed by atoms with Gasteiger partial charge < -0.3 is 15.6 Å². The monoisotopic (exact) mass is 456 g/mol. The molecule has 1 aliphatic rings. The molecule has 2 N–H and O–H groups in total. The molecule has 0 spiro atoms. The van der Waals surface area contributed by atoms with Gasteiger partial charge >= 0.3 is 0 Å². The summed E-state index contributed by atoms with van der Waals surface area (Å²) in [6, 6.07) is 9.92. The van der Waals surface area contributed by atoms with Gasteiger partial charge in [0.15, 0.2) is 0 Å². The lowest BCUT2D eigenvalue weighted by Gasteiger charge is -2.33. The Balaban J connectivity index is 1.32. The Morgan fingerprint density at radius 2 is 1.88 bits per heavy atom. The van der Waals surface area contributed by atoms with E-state index in [9.17, 15) is 4.79 Å². The molecule has 34 heavy (non-hydrogen) atoms. The molecule has 0 radical (unpaired) electrons. The average molecular weight is 457 g/mol. The van der Waals surface area contributed by atoms with Crippen LogP contribution in [-0.2, 0) is 11.2 Å². The molecule has 0 unspecified atom stereocenters. The Bertz CT molecular complexity index is 1170. The number of hydrogen-bond acceptors (Lipinski definition) is 6. The topological polar surface area (TPSA) is 94.9 Å². The first kappa shape index (κ1) is 23.5. The second-order valence-electron chi connectivity index (χ2n) is 9.25. The lowest BCUT2D eigenvalue weighted by Crippen LogP contribution is -2.34. The van der Waals surface area contributed by atoms with E-state index < -0.39 is 0 Å². The number of anilines is 2. The number of piperidine rings is 1. The van der Waals surface area contributed by atoms with Crippen LogP contribution in [0.3, 0.4) is 0 Å². The quantitative estimate of drug-likeness (QED) is 0.489. The third kappa shape index (κ3) is 5.84. The SMILES string of the molecule is CC(=N)CC1CCN(c2ccc(NC(=O)Cc3ccc(-c4ncncc4C)c(C)c3)nc2)CC1. The van der Waals surface area contributed by atoms with Crippen LogP contribution in [-0.4, -0.2) is 39.7 Å². The number of aryl methyl sites for hydroxylation is 2. The van der Waals surface area contributed by atoms with Crippen molar-refractivity contribution in [2.75, 3.05) is 23.3 Å². The summed E-state index contributed by atoms with van der Waals surface area (Å²) in [5.41, 5.74) is 6.87. The minimum Gasteiger partial charge on any atom is -0.370 e. The summed E-state index contributed by atoms with van der Waals surface area (Å²) in [6.07, 6.45) is 8.59. The van der Waals surface area contributed by atoms with E-state index in [1.807, 2.05) is 63.5 Å². The number of carbonyl (C=O) groups excluding carboxylic acids is 1. The standard InChI is InChI=1S/C27H32N6O/c1-18-12-22(4-6-24(18)27-19(2)15-29-17-31-27)14-26(34)32-25-7-5-23(16-30-25)33-10-8-21(9-11-33)13-20(3)28/h4-7,12,15-17,21,28H,8-11,13-14H2,1-3H3,(H,30,32,34). The van der Waals surface area contributed by atoms with Crippen molar-refractivity contribution in [1.82, 2.24) is 15.0 Å². The van der Waals surface area contributed by atoms with Crippen molar-refractivity contribution in [3.63, 3.8) is 0 Å². The fourth-order valence-corrected chi connectivity index (χ4v) is 4.63. The largest absolute Gasteiger partial charge is 0.370 e. The lowest BCUT2D eigenvalue weighted by atomic mass is 9.91. The highest BCUT2D eigenvalue weighted by Crippen LogP contribution is 2.26. The van der Waals surface area contributed by atoms with Crippen molar-refractivity contribution >= 4 is 23.1 Å². The fourth-order valence-electron chi connectivity index (χ4n) is 4.63. The third-order valence-electron chi connectivity index (χ3n) is 6.40. The van der Waals surface area contributed by atoms with E-state index in [0.29, 0.717) is 11.7 Å². The minimum atomic E-state index is -0.0894. The van der Waals surface area contributed by atoms with Gasteiger partial charge in [-0.15, -0.1) is 0 Å². The van der Waals surface area contributed by atoms with Gasteiger partial charge in [0.05, 0.1) is 24.0 Å². The molecule has 1 saturated heterocycles. The predicted octanol–water partition coefficient (Wildman–Crippen LogP) is 4.98. The summed E-state index contributed by atoms with van der Waals surface area (Å²) in [4.78, 5) is 27.9. The van der Waals surface area contributed by atoms with Crippen molar-refractivity contribution < 1.29 is 4.79 Å². The molecule has 3 heterocycles. The zero-order valence-electron chi connectivity index (χ0n) is 20.1. The molecule has 1 aliphatic heterocycles. The maximum atomic E-state index is 12.6. The molecular weight excluding hydrogens is 424 g/mol. The smallest absolute Gasteiger partial charge is 0.229 e. The molecule has 0 aliphatic carbocycles. The summed E-state index contributed by atoms with van der Waals surface area (Å²) in [5.74, 6) is 1.09. The second kappa shape index (κ2) is 10.5. The van der Waals surface area contributed by atoms with E-state index in [1.54, 1.807) is 6.33 Å². The number of pyridine rings is 1. The van der Waals surface area contributed by atoms with Crippen molar-refractivity contribution in [3.8, 4) is 11.3 Å². The maximum Gasteiger partial charge on any atom is 0.229 e. The zero-order valence-corrected chi connectivity index (χ0v) is 20.1. The van der Waals surface area contributed by atoms with Crippen molar-refractivity contribution in [2.24, 2.45) is 5.92 Å². The molecule has 3 aromatic rings. The predicted molar refractivity (Wildman–Crippen MR) is 136 cm³/mol. The van der Waals surface area contributed by atoms with E-state index in [0.717, 1.165) is 71.7 Å². The Morgan fingerprint density at radius 1 is 1.09 bits per heavy atom. The first-order valence-corrected chi connectivity index (χ1v) is 11.8. The normalized spacial score (nSPS) is 14.1. The molecule has 0 bridgehead atoms.